The van der Waals surface area contributed by atoms with Gasteiger partial charge in [-0.25, -0.2) is 9.37 Å². The fourth-order valence-corrected chi connectivity index (χ4v) is 4.52. The van der Waals surface area contributed by atoms with Crippen LogP contribution in [0.15, 0.2) is 22.6 Å². The van der Waals surface area contributed by atoms with E-state index in [2.05, 4.69) is 25.4 Å². The number of benzene rings is 1. The number of carboxylic acid groups (broad SMARTS) is 1. The average molecular weight is 443 g/mol. The number of carbonyl (C=O) groups is 1. The van der Waals surface area contributed by atoms with Crippen LogP contribution in [0.5, 0.6) is 5.75 Å². The Morgan fingerprint density at radius 2 is 2.06 bits per heavy atom. The zero-order valence-electron chi connectivity index (χ0n) is 18.2. The zero-order chi connectivity index (χ0) is 23.0. The minimum absolute atomic E-state index is 0.0822. The highest BCUT2D eigenvalue weighted by Crippen LogP contribution is 2.37. The normalized spacial score (nSPS) is 21.7. The van der Waals surface area contributed by atoms with Crippen molar-refractivity contribution >= 4 is 23.4 Å². The Labute approximate surface area is 184 Å². The number of piperidine rings is 1. The number of phenolic OH excluding ortho intramolecular Hbond substituents is 1. The van der Waals surface area contributed by atoms with Gasteiger partial charge in [-0.1, -0.05) is 0 Å². The van der Waals surface area contributed by atoms with E-state index in [1.54, 1.807) is 19.1 Å². The number of nitrogens with one attached hydrogen (secondary N) is 1. The number of alkyl halides is 1. The van der Waals surface area contributed by atoms with Gasteiger partial charge in [0.1, 0.15) is 17.4 Å². The predicted octanol–water partition coefficient (Wildman–Crippen LogP) is 2.84. The minimum Gasteiger partial charge on any atom is -0.507 e. The average Bonchev–Trinajstić information content (AvgIpc) is 3.31. The number of halogens is 1. The summed E-state index contributed by atoms with van der Waals surface area (Å²) < 4.78 is 20.7. The van der Waals surface area contributed by atoms with Gasteiger partial charge in [-0.15, -0.1) is 10.2 Å². The van der Waals surface area contributed by atoms with Crippen molar-refractivity contribution in [2.45, 2.75) is 51.4 Å². The van der Waals surface area contributed by atoms with E-state index in [9.17, 15) is 5.11 Å². The molecule has 1 aromatic carbocycles. The van der Waals surface area contributed by atoms with Crippen LogP contribution in [0, 0.1) is 6.92 Å². The Bertz CT molecular complexity index is 1150. The number of oxazole rings is 1. The highest BCUT2D eigenvalue weighted by molar-refractivity contribution is 5.84. The molecule has 2 aliphatic rings. The van der Waals surface area contributed by atoms with Crippen molar-refractivity contribution in [2.24, 2.45) is 0 Å². The Balaban J connectivity index is 0.000000775. The van der Waals surface area contributed by atoms with Gasteiger partial charge in [0, 0.05) is 36.2 Å². The van der Waals surface area contributed by atoms with Crippen molar-refractivity contribution < 1.29 is 23.8 Å². The highest BCUT2D eigenvalue weighted by atomic mass is 19.1. The van der Waals surface area contributed by atoms with Crippen LogP contribution in [0.4, 0.5) is 10.2 Å². The number of rotatable bonds is 2. The molecule has 1 saturated heterocycles. The standard InChI is InChI=1S/C21H24FN5O2.CH2O2/c1-11-24-15-10-17(28)13(9-18(15)29-11)14-8-12-5-7-27(20(12)26-25-14)16-4-6-23-21(2,3)19(16)22;2-1-3/h8-10,16,19,23,28H,4-7H2,1-3H3;1H,(H,2,3)/t16-,19-;/m0./s1. The second kappa shape index (κ2) is 8.34. The second-order valence-corrected chi connectivity index (χ2v) is 8.60. The minimum atomic E-state index is -0.996. The fourth-order valence-electron chi connectivity index (χ4n) is 4.52. The van der Waals surface area contributed by atoms with Gasteiger partial charge in [0.15, 0.2) is 17.3 Å². The Morgan fingerprint density at radius 1 is 1.31 bits per heavy atom. The predicted molar refractivity (Wildman–Crippen MR) is 117 cm³/mol. The van der Waals surface area contributed by atoms with Crippen molar-refractivity contribution in [3.05, 3.63) is 29.7 Å². The molecule has 0 spiro atoms. The monoisotopic (exact) mass is 443 g/mol. The Morgan fingerprint density at radius 3 is 2.81 bits per heavy atom. The van der Waals surface area contributed by atoms with Crippen LogP contribution >= 0.6 is 0 Å². The molecule has 0 bridgehead atoms. The summed E-state index contributed by atoms with van der Waals surface area (Å²) in [6.07, 6.45) is 0.514. The first-order valence-corrected chi connectivity index (χ1v) is 10.5. The molecule has 10 heteroatoms. The van der Waals surface area contributed by atoms with E-state index in [1.807, 2.05) is 19.9 Å². The Kier molecular flexibility index (Phi) is 5.72. The first-order valence-electron chi connectivity index (χ1n) is 10.5. The molecule has 32 heavy (non-hydrogen) atoms. The molecule has 0 aliphatic carbocycles. The van der Waals surface area contributed by atoms with Crippen molar-refractivity contribution in [2.75, 3.05) is 18.0 Å². The van der Waals surface area contributed by atoms with E-state index in [1.165, 1.54) is 0 Å². The van der Waals surface area contributed by atoms with Crippen LogP contribution in [-0.4, -0.2) is 62.7 Å². The molecule has 0 unspecified atom stereocenters. The van der Waals surface area contributed by atoms with Crippen LogP contribution < -0.4 is 10.2 Å². The van der Waals surface area contributed by atoms with Crippen molar-refractivity contribution in [3.8, 4) is 17.0 Å². The Hall–Kier alpha value is -3.27. The third-order valence-corrected chi connectivity index (χ3v) is 6.08. The number of nitrogens with zero attached hydrogens (tertiary/aromatic N) is 4. The van der Waals surface area contributed by atoms with Crippen molar-refractivity contribution in [3.63, 3.8) is 0 Å². The van der Waals surface area contributed by atoms with Crippen LogP contribution in [0.3, 0.4) is 0 Å². The quantitative estimate of drug-likeness (QED) is 0.513. The van der Waals surface area contributed by atoms with Gasteiger partial charge >= 0.3 is 0 Å². The van der Waals surface area contributed by atoms with Gasteiger partial charge in [-0.05, 0) is 45.4 Å². The van der Waals surface area contributed by atoms with E-state index >= 15 is 4.39 Å². The lowest BCUT2D eigenvalue weighted by Gasteiger charge is -2.44. The van der Waals surface area contributed by atoms with Gasteiger partial charge in [0.2, 0.25) is 0 Å². The third kappa shape index (κ3) is 3.86. The lowest BCUT2D eigenvalue weighted by atomic mass is 9.86. The largest absolute Gasteiger partial charge is 0.507 e. The topological polar surface area (TPSA) is 125 Å². The van der Waals surface area contributed by atoms with Gasteiger partial charge in [-0.3, -0.25) is 4.79 Å². The molecule has 2 atom stereocenters. The summed E-state index contributed by atoms with van der Waals surface area (Å²) in [4.78, 5) is 14.7. The summed E-state index contributed by atoms with van der Waals surface area (Å²) in [6.45, 7) is 6.82. The van der Waals surface area contributed by atoms with E-state index in [-0.39, 0.29) is 18.3 Å². The molecular formula is C22H26FN5O4. The number of aromatic nitrogens is 3. The van der Waals surface area contributed by atoms with Crippen LogP contribution in [0.1, 0.15) is 31.7 Å². The number of hydrogen-bond acceptors (Lipinski definition) is 8. The summed E-state index contributed by atoms with van der Waals surface area (Å²) in [5.41, 5.74) is 2.78. The van der Waals surface area contributed by atoms with E-state index in [0.29, 0.717) is 28.2 Å². The number of phenols is 1. The molecule has 5 rings (SSSR count). The molecule has 9 nitrogen and oxygen atoms in total. The first-order chi connectivity index (χ1) is 15.2. The molecule has 4 heterocycles. The fraction of sp³-hybridized carbons (Fsp3) is 0.455. The van der Waals surface area contributed by atoms with Crippen LogP contribution in [0.25, 0.3) is 22.4 Å². The molecule has 1 fully saturated rings. The molecule has 0 radical (unpaired) electrons. The zero-order valence-corrected chi connectivity index (χ0v) is 18.2. The summed E-state index contributed by atoms with van der Waals surface area (Å²) in [6, 6.07) is 5.04. The van der Waals surface area contributed by atoms with Gasteiger partial charge in [0.25, 0.3) is 6.47 Å². The molecular weight excluding hydrogens is 417 g/mol. The summed E-state index contributed by atoms with van der Waals surface area (Å²) >= 11 is 0. The number of aromatic hydroxyl groups is 1. The lowest BCUT2D eigenvalue weighted by molar-refractivity contribution is -0.122. The molecule has 3 aromatic rings. The first kappa shape index (κ1) is 21.9. The second-order valence-electron chi connectivity index (χ2n) is 8.60. The van der Waals surface area contributed by atoms with Crippen molar-refractivity contribution in [1.82, 2.24) is 20.5 Å². The number of aryl methyl sites for hydroxylation is 1. The van der Waals surface area contributed by atoms with E-state index in [0.717, 1.165) is 37.3 Å². The van der Waals surface area contributed by atoms with Crippen molar-refractivity contribution in [1.29, 1.82) is 0 Å². The maximum atomic E-state index is 15.1. The molecule has 0 saturated carbocycles. The molecule has 2 aliphatic heterocycles. The molecule has 170 valence electrons. The maximum Gasteiger partial charge on any atom is 0.290 e. The van der Waals surface area contributed by atoms with Gasteiger partial charge in [-0.2, -0.15) is 0 Å². The number of hydrogen-bond donors (Lipinski definition) is 3. The van der Waals surface area contributed by atoms with E-state index in [4.69, 9.17) is 14.3 Å². The number of anilines is 1. The summed E-state index contributed by atoms with van der Waals surface area (Å²) in [5.74, 6) is 1.37. The number of fused-ring (bicyclic) bond motifs is 2. The summed E-state index contributed by atoms with van der Waals surface area (Å²) in [5, 5.41) is 29.4. The molecule has 0 amide bonds. The summed E-state index contributed by atoms with van der Waals surface area (Å²) in [7, 11) is 0. The lowest BCUT2D eigenvalue weighted by Crippen LogP contribution is -2.62. The van der Waals surface area contributed by atoms with Crippen LogP contribution in [0.2, 0.25) is 0 Å². The highest BCUT2D eigenvalue weighted by Gasteiger charge is 2.44. The SMILES string of the molecule is Cc1nc2cc(O)c(-c3cc4c(nn3)N([C@H]3CCNC(C)(C)[C@H]3F)CC4)cc2o1.O=CO. The third-order valence-electron chi connectivity index (χ3n) is 6.08. The maximum absolute atomic E-state index is 15.1. The molecule has 2 aromatic heterocycles. The van der Waals surface area contributed by atoms with Crippen LogP contribution in [-0.2, 0) is 11.2 Å². The molecule has 3 N–H and O–H groups in total. The van der Waals surface area contributed by atoms with Gasteiger partial charge in [0.05, 0.1) is 11.7 Å². The van der Waals surface area contributed by atoms with E-state index < -0.39 is 11.7 Å². The van der Waals surface area contributed by atoms with Gasteiger partial charge < -0.3 is 24.8 Å². The smallest absolute Gasteiger partial charge is 0.290 e.